The van der Waals surface area contributed by atoms with Crippen molar-refractivity contribution in [3.05, 3.63) is 23.8 Å². The molecular weight excluding hydrogens is 938 g/mol. The zero-order valence-corrected chi connectivity index (χ0v) is 55.0. The lowest BCUT2D eigenvalue weighted by atomic mass is 9.54. The number of allylic oxidation sites excluding steroid dienone is 3. The first-order chi connectivity index (χ1) is 38.8. The summed E-state index contributed by atoms with van der Waals surface area (Å²) in [6.07, 6.45) is 104. The van der Waals surface area contributed by atoms with Gasteiger partial charge >= 0.3 is 0 Å². The summed E-state index contributed by atoms with van der Waals surface area (Å²) in [6, 6.07) is 0. The van der Waals surface area contributed by atoms with Crippen LogP contribution in [0.4, 0.5) is 0 Å². The Labute approximate surface area is 496 Å². The maximum atomic E-state index is 2.91. The average Bonchev–Trinajstić information content (AvgIpc) is 3.46. The van der Waals surface area contributed by atoms with E-state index in [1.54, 1.807) is 5.70 Å². The van der Waals surface area contributed by atoms with E-state index in [4.69, 9.17) is 0 Å². The summed E-state index contributed by atoms with van der Waals surface area (Å²) in [6.45, 7) is 8.90. The van der Waals surface area contributed by atoms with E-state index in [9.17, 15) is 0 Å². The minimum atomic E-state index is 0.643. The predicted molar refractivity (Wildman–Crippen MR) is 361 cm³/mol. The fourth-order valence-electron chi connectivity index (χ4n) is 13.3. The molecule has 0 bridgehead atoms. The van der Waals surface area contributed by atoms with Gasteiger partial charge in [0.25, 0.3) is 6.85 Å². The first-order valence-corrected chi connectivity index (χ1v) is 38.0. The maximum Gasteiger partial charge on any atom is 0.280 e. The van der Waals surface area contributed by atoms with Gasteiger partial charge in [0.05, 0.1) is 0 Å². The molecule has 0 aliphatic carbocycles. The molecule has 0 N–H and O–H groups in total. The third kappa shape index (κ3) is 57.2. The summed E-state index contributed by atoms with van der Waals surface area (Å²) in [5.41, 5.74) is 1.68. The highest BCUT2D eigenvalue weighted by molar-refractivity contribution is 6.62. The van der Waals surface area contributed by atoms with Crippen molar-refractivity contribution in [2.45, 2.75) is 457 Å². The van der Waals surface area contributed by atoms with Crippen molar-refractivity contribution in [1.82, 2.24) is 4.81 Å². The largest absolute Gasteiger partial charge is 0.414 e. The topological polar surface area (TPSA) is 3.24 Å². The van der Waals surface area contributed by atoms with E-state index >= 15 is 0 Å². The quantitative estimate of drug-likeness (QED) is 0.0433. The molecule has 0 aromatic carbocycles. The number of rotatable bonds is 69. The van der Waals surface area contributed by atoms with Crippen LogP contribution in [0.5, 0.6) is 0 Å². The molecule has 78 heavy (non-hydrogen) atoms. The summed E-state index contributed by atoms with van der Waals surface area (Å²) >= 11 is 0. The molecule has 0 saturated carbocycles. The van der Waals surface area contributed by atoms with Crippen molar-refractivity contribution in [3.63, 3.8) is 0 Å². The van der Waals surface area contributed by atoms with E-state index in [-0.39, 0.29) is 0 Å². The first-order valence-electron chi connectivity index (χ1n) is 38.0. The van der Waals surface area contributed by atoms with E-state index in [1.807, 2.05) is 0 Å². The van der Waals surface area contributed by atoms with E-state index in [2.05, 4.69) is 43.7 Å². The second-order valence-corrected chi connectivity index (χ2v) is 26.6. The Bertz CT molecular complexity index is 1140. The highest BCUT2D eigenvalue weighted by Crippen LogP contribution is 2.26. The van der Waals surface area contributed by atoms with Gasteiger partial charge in [-0.15, -0.1) is 0 Å². The van der Waals surface area contributed by atoms with Crippen LogP contribution in [0, 0.1) is 0 Å². The van der Waals surface area contributed by atoms with Crippen molar-refractivity contribution < 1.29 is 0 Å². The molecule has 0 aromatic rings. The molecule has 1 heterocycles. The van der Waals surface area contributed by atoms with Gasteiger partial charge in [-0.25, -0.2) is 0 Å². The molecule has 0 aromatic heterocycles. The lowest BCUT2D eigenvalue weighted by Gasteiger charge is -2.35. The Kier molecular flexibility index (Phi) is 64.9. The lowest BCUT2D eigenvalue weighted by molar-refractivity contribution is 0.453. The van der Waals surface area contributed by atoms with Crippen LogP contribution >= 0.6 is 0 Å². The van der Waals surface area contributed by atoms with Crippen LogP contribution in [0.25, 0.3) is 0 Å². The molecule has 0 radical (unpaired) electrons. The summed E-state index contributed by atoms with van der Waals surface area (Å²) in [7, 11) is 0. The fourth-order valence-corrected chi connectivity index (χ4v) is 13.3. The summed E-state index contributed by atoms with van der Waals surface area (Å²) in [4.78, 5) is 2.91. The normalized spacial score (nSPS) is 12.7. The van der Waals surface area contributed by atoms with Crippen molar-refractivity contribution in [1.29, 1.82) is 0 Å². The molecule has 1 rings (SSSR count). The summed E-state index contributed by atoms with van der Waals surface area (Å²) in [5, 5.41) is 0. The predicted octanol–water partition coefficient (Wildman–Crippen LogP) is 28.5. The fraction of sp³-hybridized carbons (Fsp3) is 0.947. The van der Waals surface area contributed by atoms with Crippen LogP contribution in [0.1, 0.15) is 451 Å². The molecule has 1 aliphatic rings. The van der Waals surface area contributed by atoms with Crippen LogP contribution in [-0.4, -0.2) is 18.2 Å². The van der Waals surface area contributed by atoms with Gasteiger partial charge in [0.15, 0.2) is 0 Å². The van der Waals surface area contributed by atoms with Gasteiger partial charge < -0.3 is 4.81 Å². The maximum absolute atomic E-state index is 2.91. The van der Waals surface area contributed by atoms with Crippen molar-refractivity contribution in [3.8, 4) is 0 Å². The zero-order chi connectivity index (χ0) is 55.6. The summed E-state index contributed by atoms with van der Waals surface area (Å²) in [5.74, 6) is 2.58. The van der Waals surface area contributed by atoms with Gasteiger partial charge in [0.1, 0.15) is 0 Å². The average molecular weight is 1090 g/mol. The van der Waals surface area contributed by atoms with Crippen LogP contribution in [0.3, 0.4) is 0 Å². The Balaban J connectivity index is 2.21. The highest BCUT2D eigenvalue weighted by Gasteiger charge is 2.24. The van der Waals surface area contributed by atoms with Gasteiger partial charge in [0, 0.05) is 12.2 Å². The van der Waals surface area contributed by atoms with E-state index in [0.29, 0.717) is 6.85 Å². The Morgan fingerprint density at radius 3 is 0.654 bits per heavy atom. The van der Waals surface area contributed by atoms with Gasteiger partial charge in [-0.2, -0.15) is 0 Å². The number of hydrogen-bond donors (Lipinski definition) is 0. The molecular formula is C76H150BN. The smallest absolute Gasteiger partial charge is 0.280 e. The van der Waals surface area contributed by atoms with Crippen LogP contribution < -0.4 is 0 Å². The van der Waals surface area contributed by atoms with Crippen molar-refractivity contribution in [2.24, 2.45) is 0 Å². The van der Waals surface area contributed by atoms with Gasteiger partial charge in [-0.05, 0) is 31.7 Å². The second kappa shape index (κ2) is 67.1. The Morgan fingerprint density at radius 2 is 0.423 bits per heavy atom. The highest BCUT2D eigenvalue weighted by atomic mass is 15.1. The molecule has 0 fully saturated rings. The zero-order valence-electron chi connectivity index (χ0n) is 55.0. The first kappa shape index (κ1) is 75.4. The van der Waals surface area contributed by atoms with E-state index in [1.165, 1.54) is 443 Å². The molecule has 2 heteroatoms. The minimum absolute atomic E-state index is 0.643. The molecule has 1 nitrogen and oxygen atoms in total. The van der Waals surface area contributed by atoms with E-state index < -0.39 is 0 Å². The number of nitrogens with zero attached hydrogens (tertiary/aromatic N) is 1. The second-order valence-electron chi connectivity index (χ2n) is 26.6. The molecule has 0 spiro atoms. The molecule has 462 valence electrons. The SMILES string of the molecule is CCCCCCCCCCCCCCCCCCCCCCCCB1C=CC=C(CCCCCCCCCCCCCCCCCCCCCCCC)N1CCCCCCCCCCCCCCCCCCCCCCCC. The van der Waals surface area contributed by atoms with Crippen LogP contribution in [0.15, 0.2) is 23.8 Å². The standard InChI is InChI=1S/C76H150BN/c1-4-7-10-13-16-19-22-25-28-31-34-37-40-43-46-49-52-55-58-61-64-67-71-76-72-70-74-77(73-68-65-62-59-56-53-50-47-44-41-38-35-32-29-26-23-20-17-14-11-8-5-2)78(76)75-69-66-63-60-57-54-51-48-45-42-39-36-33-30-27-24-21-18-15-12-9-6-3/h70,72,74H,4-69,71,73,75H2,1-3H3. The number of hydrogen-bond acceptors (Lipinski definition) is 1. The Hall–Kier alpha value is -0.655. The molecule has 0 atom stereocenters. The van der Waals surface area contributed by atoms with Crippen LogP contribution in [-0.2, 0) is 0 Å². The monoisotopic (exact) mass is 1090 g/mol. The van der Waals surface area contributed by atoms with Gasteiger partial charge in [-0.1, -0.05) is 444 Å². The van der Waals surface area contributed by atoms with Crippen molar-refractivity contribution >= 4 is 6.85 Å². The van der Waals surface area contributed by atoms with Gasteiger partial charge in [0.2, 0.25) is 0 Å². The van der Waals surface area contributed by atoms with Gasteiger partial charge in [-0.3, -0.25) is 0 Å². The molecule has 0 unspecified atom stereocenters. The molecule has 1 aliphatic heterocycles. The molecule has 0 amide bonds. The third-order valence-corrected chi connectivity index (χ3v) is 18.8. The number of unbranched alkanes of at least 4 members (excludes halogenated alkanes) is 63. The minimum Gasteiger partial charge on any atom is -0.414 e. The van der Waals surface area contributed by atoms with Crippen LogP contribution in [0.2, 0.25) is 6.32 Å². The Morgan fingerprint density at radius 1 is 0.231 bits per heavy atom. The molecule has 0 saturated heterocycles. The lowest BCUT2D eigenvalue weighted by Crippen LogP contribution is -2.39. The third-order valence-electron chi connectivity index (χ3n) is 18.8. The summed E-state index contributed by atoms with van der Waals surface area (Å²) < 4.78 is 0. The van der Waals surface area contributed by atoms with E-state index in [0.717, 1.165) is 0 Å². The van der Waals surface area contributed by atoms with Crippen molar-refractivity contribution in [2.75, 3.05) is 6.54 Å².